The molecule has 2 aromatic rings. The van der Waals surface area contributed by atoms with Crippen molar-refractivity contribution in [2.45, 2.75) is 64.1 Å². The average molecular weight is 591 g/mol. The quantitative estimate of drug-likeness (QED) is 0.408. The fourth-order valence-corrected chi connectivity index (χ4v) is 5.86. The maximum Gasteiger partial charge on any atom is 0.244 e. The number of amides is 2. The first kappa shape index (κ1) is 30.1. The Morgan fingerprint density at radius 2 is 1.74 bits per heavy atom. The van der Waals surface area contributed by atoms with Crippen LogP contribution in [-0.4, -0.2) is 50.0 Å². The van der Waals surface area contributed by atoms with E-state index in [1.165, 1.54) is 11.0 Å². The fourth-order valence-electron chi connectivity index (χ4n) is 4.55. The van der Waals surface area contributed by atoms with E-state index >= 15 is 0 Å². The summed E-state index contributed by atoms with van der Waals surface area (Å²) >= 11 is 12.4. The molecule has 0 saturated heterocycles. The van der Waals surface area contributed by atoms with Crippen LogP contribution in [0.4, 0.5) is 14.5 Å². The number of benzene rings is 2. The molecule has 2 aromatic carbocycles. The summed E-state index contributed by atoms with van der Waals surface area (Å²) in [5.41, 5.74) is 0.288. The molecule has 0 aromatic heterocycles. The highest BCUT2D eigenvalue weighted by Gasteiger charge is 2.33. The zero-order valence-electron chi connectivity index (χ0n) is 21.2. The van der Waals surface area contributed by atoms with E-state index < -0.39 is 40.2 Å². The van der Waals surface area contributed by atoms with Crippen LogP contribution in [0, 0.1) is 11.6 Å². The summed E-state index contributed by atoms with van der Waals surface area (Å²) in [4.78, 5) is 28.3. The predicted molar refractivity (Wildman–Crippen MR) is 145 cm³/mol. The van der Waals surface area contributed by atoms with Gasteiger partial charge in [-0.25, -0.2) is 17.2 Å². The molecule has 208 valence electrons. The molecule has 0 heterocycles. The number of sulfonamides is 1. The molecule has 0 bridgehead atoms. The van der Waals surface area contributed by atoms with E-state index in [4.69, 9.17) is 23.2 Å². The lowest BCUT2D eigenvalue weighted by Gasteiger charge is -2.34. The maximum atomic E-state index is 13.9. The van der Waals surface area contributed by atoms with Crippen molar-refractivity contribution in [1.82, 2.24) is 10.2 Å². The summed E-state index contributed by atoms with van der Waals surface area (Å²) in [5.74, 6) is -3.47. The molecule has 0 unspecified atom stereocenters. The largest absolute Gasteiger partial charge is 0.352 e. The highest BCUT2D eigenvalue weighted by molar-refractivity contribution is 7.92. The summed E-state index contributed by atoms with van der Waals surface area (Å²) < 4.78 is 53.3. The van der Waals surface area contributed by atoms with Crippen LogP contribution < -0.4 is 9.62 Å². The molecule has 12 heteroatoms. The van der Waals surface area contributed by atoms with Crippen molar-refractivity contribution in [2.24, 2.45) is 0 Å². The van der Waals surface area contributed by atoms with Crippen molar-refractivity contribution in [3.8, 4) is 0 Å². The monoisotopic (exact) mass is 589 g/mol. The Morgan fingerprint density at radius 3 is 2.32 bits per heavy atom. The van der Waals surface area contributed by atoms with E-state index in [0.717, 1.165) is 50.5 Å². The summed E-state index contributed by atoms with van der Waals surface area (Å²) in [6.45, 7) is 0.918. The zero-order valence-corrected chi connectivity index (χ0v) is 23.6. The van der Waals surface area contributed by atoms with E-state index in [2.05, 4.69) is 5.32 Å². The minimum atomic E-state index is -4.09. The standard InChI is InChI=1S/C26H31Cl2F2N3O4S/c1-3-24(26(35)31-19-7-5-4-6-8-19)32(15-17-9-10-18(27)13-21(17)28)25(34)16-33(38(2,36)37)20-11-12-22(29)23(30)14-20/h9-14,19,24H,3-8,15-16H2,1-2H3,(H,31,35)/t24-/m1/s1. The van der Waals surface area contributed by atoms with Gasteiger partial charge >= 0.3 is 0 Å². The zero-order chi connectivity index (χ0) is 28.0. The number of carbonyl (C=O) groups is 2. The number of nitrogens with zero attached hydrogens (tertiary/aromatic N) is 2. The number of nitrogens with one attached hydrogen (secondary N) is 1. The highest BCUT2D eigenvalue weighted by atomic mass is 35.5. The van der Waals surface area contributed by atoms with Crippen molar-refractivity contribution < 1.29 is 26.8 Å². The maximum absolute atomic E-state index is 13.9. The van der Waals surface area contributed by atoms with Crippen molar-refractivity contribution in [1.29, 1.82) is 0 Å². The van der Waals surface area contributed by atoms with Gasteiger partial charge in [0, 0.05) is 28.7 Å². The summed E-state index contributed by atoms with van der Waals surface area (Å²) in [6.07, 6.45) is 5.90. The van der Waals surface area contributed by atoms with Gasteiger partial charge in [0.05, 0.1) is 11.9 Å². The molecular formula is C26H31Cl2F2N3O4S. The first-order chi connectivity index (χ1) is 17.9. The van der Waals surface area contributed by atoms with Crippen LogP contribution in [0.2, 0.25) is 10.0 Å². The van der Waals surface area contributed by atoms with Crippen LogP contribution in [0.5, 0.6) is 0 Å². The van der Waals surface area contributed by atoms with Gasteiger partial charge in [0.2, 0.25) is 21.8 Å². The van der Waals surface area contributed by atoms with Gasteiger partial charge in [0.1, 0.15) is 12.6 Å². The lowest BCUT2D eigenvalue weighted by atomic mass is 9.95. The van der Waals surface area contributed by atoms with Crippen molar-refractivity contribution in [3.63, 3.8) is 0 Å². The van der Waals surface area contributed by atoms with Crippen LogP contribution in [0.25, 0.3) is 0 Å². The molecule has 1 atom stereocenters. The number of anilines is 1. The van der Waals surface area contributed by atoms with Crippen LogP contribution in [0.15, 0.2) is 36.4 Å². The summed E-state index contributed by atoms with van der Waals surface area (Å²) in [6, 6.07) is 6.36. The van der Waals surface area contributed by atoms with Crippen LogP contribution >= 0.6 is 23.2 Å². The number of hydrogen-bond donors (Lipinski definition) is 1. The normalized spacial score (nSPS) is 15.1. The van der Waals surface area contributed by atoms with E-state index in [0.29, 0.717) is 21.0 Å². The molecule has 1 saturated carbocycles. The van der Waals surface area contributed by atoms with Gasteiger partial charge in [-0.3, -0.25) is 13.9 Å². The SMILES string of the molecule is CC[C@H](C(=O)NC1CCCCC1)N(Cc1ccc(Cl)cc1Cl)C(=O)CN(c1ccc(F)c(F)c1)S(C)(=O)=O. The molecule has 3 rings (SSSR count). The van der Waals surface area contributed by atoms with Gasteiger partial charge in [-0.05, 0) is 49.1 Å². The van der Waals surface area contributed by atoms with Crippen molar-refractivity contribution in [3.05, 3.63) is 63.6 Å². The topological polar surface area (TPSA) is 86.8 Å². The Morgan fingerprint density at radius 1 is 1.05 bits per heavy atom. The molecule has 2 amide bonds. The molecular weight excluding hydrogens is 559 g/mol. The molecule has 0 aliphatic heterocycles. The van der Waals surface area contributed by atoms with Gasteiger partial charge < -0.3 is 10.2 Å². The second-order valence-corrected chi connectivity index (χ2v) is 12.1. The lowest BCUT2D eigenvalue weighted by molar-refractivity contribution is -0.140. The molecule has 38 heavy (non-hydrogen) atoms. The minimum absolute atomic E-state index is 0.00363. The number of halogens is 4. The third-order valence-corrected chi connectivity index (χ3v) is 8.29. The first-order valence-electron chi connectivity index (χ1n) is 12.4. The van der Waals surface area contributed by atoms with Crippen LogP contribution in [0.3, 0.4) is 0 Å². The summed E-state index contributed by atoms with van der Waals surface area (Å²) in [7, 11) is -4.09. The molecule has 1 aliphatic rings. The van der Waals surface area contributed by atoms with Crippen molar-refractivity contribution in [2.75, 3.05) is 17.1 Å². The Kier molecular flexibility index (Phi) is 10.4. The minimum Gasteiger partial charge on any atom is -0.352 e. The number of carbonyl (C=O) groups excluding carboxylic acids is 2. The van der Waals surface area contributed by atoms with Gasteiger partial charge in [-0.2, -0.15) is 0 Å². The number of rotatable bonds is 10. The smallest absolute Gasteiger partial charge is 0.244 e. The van der Waals surface area contributed by atoms with Gasteiger partial charge in [0.15, 0.2) is 11.6 Å². The third-order valence-electron chi connectivity index (χ3n) is 6.56. The predicted octanol–water partition coefficient (Wildman–Crippen LogP) is 5.29. The Labute approximate surface area is 232 Å². The second-order valence-electron chi connectivity index (χ2n) is 9.39. The van der Waals surface area contributed by atoms with E-state index in [-0.39, 0.29) is 35.6 Å². The number of hydrogen-bond acceptors (Lipinski definition) is 4. The molecule has 0 spiro atoms. The van der Waals surface area contributed by atoms with Gasteiger partial charge in [-0.1, -0.05) is 55.5 Å². The Balaban J connectivity index is 1.95. The summed E-state index contributed by atoms with van der Waals surface area (Å²) in [5, 5.41) is 3.70. The van der Waals surface area contributed by atoms with E-state index in [9.17, 15) is 26.8 Å². The van der Waals surface area contributed by atoms with Crippen LogP contribution in [-0.2, 0) is 26.2 Å². The molecule has 1 N–H and O–H groups in total. The van der Waals surface area contributed by atoms with Gasteiger partial charge in [0.25, 0.3) is 0 Å². The Hall–Kier alpha value is -2.43. The molecule has 0 radical (unpaired) electrons. The molecule has 1 fully saturated rings. The van der Waals surface area contributed by atoms with Gasteiger partial charge in [-0.15, -0.1) is 0 Å². The third kappa shape index (κ3) is 7.80. The first-order valence-corrected chi connectivity index (χ1v) is 15.0. The highest BCUT2D eigenvalue weighted by Crippen LogP contribution is 2.26. The fraction of sp³-hybridized carbons (Fsp3) is 0.462. The molecule has 7 nitrogen and oxygen atoms in total. The second kappa shape index (κ2) is 13.1. The average Bonchev–Trinajstić information content (AvgIpc) is 2.85. The Bertz CT molecular complexity index is 1270. The van der Waals surface area contributed by atoms with E-state index in [1.807, 2.05) is 0 Å². The van der Waals surface area contributed by atoms with E-state index in [1.54, 1.807) is 19.1 Å². The van der Waals surface area contributed by atoms with Crippen molar-refractivity contribution >= 4 is 50.7 Å². The molecule has 1 aliphatic carbocycles. The lowest BCUT2D eigenvalue weighted by Crippen LogP contribution is -2.54. The van der Waals surface area contributed by atoms with Crippen LogP contribution in [0.1, 0.15) is 51.0 Å².